The molecule has 2 N–H and O–H groups in total. The Bertz CT molecular complexity index is 623. The number of amides is 1. The van der Waals surface area contributed by atoms with Crippen LogP contribution in [0.4, 0.5) is 0 Å². The molecule has 1 amide bonds. The lowest BCUT2D eigenvalue weighted by molar-refractivity contribution is 0.0448. The summed E-state index contributed by atoms with van der Waals surface area (Å²) in [6, 6.07) is 3.52. The molecule has 2 aromatic rings. The van der Waals surface area contributed by atoms with Gasteiger partial charge < -0.3 is 10.4 Å². The van der Waals surface area contributed by atoms with Crippen molar-refractivity contribution in [2.24, 2.45) is 7.05 Å². The lowest BCUT2D eigenvalue weighted by Gasteiger charge is -2.32. The van der Waals surface area contributed by atoms with Crippen LogP contribution in [0.15, 0.2) is 30.7 Å². The van der Waals surface area contributed by atoms with Crippen LogP contribution in [-0.2, 0) is 7.05 Å². The van der Waals surface area contributed by atoms with Crippen LogP contribution in [0.2, 0.25) is 0 Å². The van der Waals surface area contributed by atoms with Crippen LogP contribution in [0, 0.1) is 0 Å². The number of aromatic nitrogens is 3. The monoisotopic (exact) mass is 272 g/mol. The highest BCUT2D eigenvalue weighted by molar-refractivity contribution is 5.99. The van der Waals surface area contributed by atoms with Gasteiger partial charge in [0.25, 0.3) is 5.91 Å². The molecule has 2 atom stereocenters. The van der Waals surface area contributed by atoms with E-state index in [1.54, 1.807) is 36.4 Å². The number of carbonyl (C=O) groups excluding carboxylic acids is 1. The van der Waals surface area contributed by atoms with Crippen molar-refractivity contribution in [1.29, 1.82) is 0 Å². The standard InChI is InChI=1S/C14H16N4O2/c1-18-8-10(14(20)16-11-4-5-12(11)19)13(17-18)9-3-2-6-15-7-9/h2-3,6-8,11-12,19H,4-5H2,1H3,(H,16,20)/t11-,12-/m1/s1. The molecule has 6 nitrogen and oxygen atoms in total. The molecule has 1 aliphatic carbocycles. The topological polar surface area (TPSA) is 80.0 Å². The second kappa shape index (κ2) is 5.05. The molecule has 1 aliphatic rings. The fraction of sp³-hybridized carbons (Fsp3) is 0.357. The zero-order valence-electron chi connectivity index (χ0n) is 11.2. The van der Waals surface area contributed by atoms with E-state index in [1.165, 1.54) is 0 Å². The maximum atomic E-state index is 12.3. The quantitative estimate of drug-likeness (QED) is 0.863. The van der Waals surface area contributed by atoms with E-state index < -0.39 is 6.10 Å². The number of hydrogen-bond donors (Lipinski definition) is 2. The van der Waals surface area contributed by atoms with Crippen molar-refractivity contribution in [2.75, 3.05) is 0 Å². The summed E-state index contributed by atoms with van der Waals surface area (Å²) in [6.45, 7) is 0. The first-order chi connectivity index (χ1) is 9.65. The fourth-order valence-corrected chi connectivity index (χ4v) is 2.27. The summed E-state index contributed by atoms with van der Waals surface area (Å²) < 4.78 is 1.61. The van der Waals surface area contributed by atoms with Crippen molar-refractivity contribution in [1.82, 2.24) is 20.1 Å². The molecule has 0 spiro atoms. The number of carbonyl (C=O) groups is 1. The molecule has 0 saturated heterocycles. The van der Waals surface area contributed by atoms with Crippen molar-refractivity contribution < 1.29 is 9.90 Å². The minimum Gasteiger partial charge on any atom is -0.391 e. The second-order valence-corrected chi connectivity index (χ2v) is 5.03. The number of aliphatic hydroxyl groups is 1. The number of nitrogens with zero attached hydrogens (tertiary/aromatic N) is 3. The van der Waals surface area contributed by atoms with Crippen LogP contribution in [0.5, 0.6) is 0 Å². The van der Waals surface area contributed by atoms with Crippen molar-refractivity contribution in [3.8, 4) is 11.3 Å². The van der Waals surface area contributed by atoms with E-state index >= 15 is 0 Å². The number of aryl methyl sites for hydroxylation is 1. The summed E-state index contributed by atoms with van der Waals surface area (Å²) in [5, 5.41) is 16.7. The van der Waals surface area contributed by atoms with Crippen LogP contribution in [0.1, 0.15) is 23.2 Å². The van der Waals surface area contributed by atoms with Gasteiger partial charge in [0.15, 0.2) is 0 Å². The Labute approximate surface area is 116 Å². The second-order valence-electron chi connectivity index (χ2n) is 5.03. The van der Waals surface area contributed by atoms with Gasteiger partial charge in [0.05, 0.1) is 17.7 Å². The smallest absolute Gasteiger partial charge is 0.255 e. The molecule has 3 rings (SSSR count). The van der Waals surface area contributed by atoms with Crippen LogP contribution < -0.4 is 5.32 Å². The number of pyridine rings is 1. The van der Waals surface area contributed by atoms with Crippen molar-refractivity contribution >= 4 is 5.91 Å². The Balaban J connectivity index is 1.88. The summed E-state index contributed by atoms with van der Waals surface area (Å²) in [4.78, 5) is 16.4. The minimum absolute atomic E-state index is 0.149. The Morgan fingerprint density at radius 3 is 2.95 bits per heavy atom. The first kappa shape index (κ1) is 12.8. The van der Waals surface area contributed by atoms with Crippen LogP contribution in [-0.4, -0.2) is 37.9 Å². The SMILES string of the molecule is Cn1cc(C(=O)N[C@@H]2CC[C@H]2O)c(-c2cccnc2)n1. The maximum absolute atomic E-state index is 12.3. The molecule has 1 fully saturated rings. The van der Waals surface area contributed by atoms with Gasteiger partial charge >= 0.3 is 0 Å². The highest BCUT2D eigenvalue weighted by Crippen LogP contribution is 2.23. The van der Waals surface area contributed by atoms with E-state index in [2.05, 4.69) is 15.4 Å². The van der Waals surface area contributed by atoms with E-state index in [0.29, 0.717) is 11.3 Å². The van der Waals surface area contributed by atoms with Crippen LogP contribution >= 0.6 is 0 Å². The molecule has 0 unspecified atom stereocenters. The third kappa shape index (κ3) is 2.30. The van der Waals surface area contributed by atoms with Gasteiger partial charge in [0, 0.05) is 31.2 Å². The Morgan fingerprint density at radius 1 is 1.50 bits per heavy atom. The first-order valence-electron chi connectivity index (χ1n) is 6.58. The van der Waals surface area contributed by atoms with Crippen LogP contribution in [0.25, 0.3) is 11.3 Å². The third-order valence-electron chi connectivity index (χ3n) is 3.56. The molecule has 2 heterocycles. The normalized spacial score (nSPS) is 21.3. The van der Waals surface area contributed by atoms with E-state index in [9.17, 15) is 9.90 Å². The Kier molecular flexibility index (Phi) is 3.23. The van der Waals surface area contributed by atoms with Gasteiger partial charge in [-0.15, -0.1) is 0 Å². The number of nitrogens with one attached hydrogen (secondary N) is 1. The van der Waals surface area contributed by atoms with Crippen LogP contribution in [0.3, 0.4) is 0 Å². The average molecular weight is 272 g/mol. The zero-order valence-corrected chi connectivity index (χ0v) is 11.2. The molecule has 1 saturated carbocycles. The lowest BCUT2D eigenvalue weighted by atomic mass is 9.89. The predicted molar refractivity (Wildman–Crippen MR) is 72.9 cm³/mol. The van der Waals surface area contributed by atoms with Gasteiger partial charge in [-0.1, -0.05) is 0 Å². The molecule has 20 heavy (non-hydrogen) atoms. The summed E-state index contributed by atoms with van der Waals surface area (Å²) >= 11 is 0. The van der Waals surface area contributed by atoms with Crippen molar-refractivity contribution in [2.45, 2.75) is 25.0 Å². The van der Waals surface area contributed by atoms with Gasteiger partial charge in [0.2, 0.25) is 0 Å². The van der Waals surface area contributed by atoms with Gasteiger partial charge in [-0.2, -0.15) is 5.10 Å². The minimum atomic E-state index is -0.433. The van der Waals surface area contributed by atoms with Gasteiger partial charge in [0.1, 0.15) is 5.69 Å². The molecule has 0 aromatic carbocycles. The molecular weight excluding hydrogens is 256 g/mol. The Hall–Kier alpha value is -2.21. The highest BCUT2D eigenvalue weighted by atomic mass is 16.3. The van der Waals surface area contributed by atoms with Gasteiger partial charge in [-0.05, 0) is 25.0 Å². The molecule has 2 aromatic heterocycles. The molecule has 0 bridgehead atoms. The summed E-state index contributed by atoms with van der Waals surface area (Å²) in [5.74, 6) is -0.208. The number of aliphatic hydroxyl groups excluding tert-OH is 1. The lowest BCUT2D eigenvalue weighted by Crippen LogP contribution is -2.50. The van der Waals surface area contributed by atoms with Crippen molar-refractivity contribution in [3.05, 3.63) is 36.3 Å². The predicted octanol–water partition coefficient (Wildman–Crippen LogP) is 0.735. The van der Waals surface area contributed by atoms with Crippen molar-refractivity contribution in [3.63, 3.8) is 0 Å². The van der Waals surface area contributed by atoms with E-state index in [-0.39, 0.29) is 11.9 Å². The molecule has 104 valence electrons. The molecular formula is C14H16N4O2. The first-order valence-corrected chi connectivity index (χ1v) is 6.58. The number of hydrogen-bond acceptors (Lipinski definition) is 4. The van der Waals surface area contributed by atoms with Gasteiger partial charge in [-0.25, -0.2) is 0 Å². The fourth-order valence-electron chi connectivity index (χ4n) is 2.27. The molecule has 0 aliphatic heterocycles. The van der Waals surface area contributed by atoms with E-state index in [4.69, 9.17) is 0 Å². The van der Waals surface area contributed by atoms with Gasteiger partial charge in [-0.3, -0.25) is 14.5 Å². The third-order valence-corrected chi connectivity index (χ3v) is 3.56. The Morgan fingerprint density at radius 2 is 2.35 bits per heavy atom. The highest BCUT2D eigenvalue weighted by Gasteiger charge is 2.31. The number of rotatable bonds is 3. The van der Waals surface area contributed by atoms with E-state index in [1.807, 2.05) is 6.07 Å². The molecule has 6 heteroatoms. The zero-order chi connectivity index (χ0) is 14.1. The largest absolute Gasteiger partial charge is 0.391 e. The summed E-state index contributed by atoms with van der Waals surface area (Å²) in [5.41, 5.74) is 1.90. The average Bonchev–Trinajstić information content (AvgIpc) is 2.86. The van der Waals surface area contributed by atoms with E-state index in [0.717, 1.165) is 18.4 Å². The summed E-state index contributed by atoms with van der Waals surface area (Å²) in [7, 11) is 1.77. The molecule has 0 radical (unpaired) electrons. The summed E-state index contributed by atoms with van der Waals surface area (Å²) in [6.07, 6.45) is 6.16. The maximum Gasteiger partial charge on any atom is 0.255 e.